The molecular formula is C8H18N2O5S. The number of carbonyl (C=O) groups is 1. The number of ether oxygens (including phenoxy) is 1. The van der Waals surface area contributed by atoms with Gasteiger partial charge in [-0.2, -0.15) is 17.4 Å². The van der Waals surface area contributed by atoms with Crippen LogP contribution >= 0.6 is 0 Å². The summed E-state index contributed by atoms with van der Waals surface area (Å²) in [6.45, 7) is 3.63. The van der Waals surface area contributed by atoms with Crippen molar-refractivity contribution >= 4 is 16.2 Å². The summed E-state index contributed by atoms with van der Waals surface area (Å²) in [6.07, 6.45) is -1.49. The molecule has 0 aromatic rings. The van der Waals surface area contributed by atoms with E-state index in [-0.39, 0.29) is 0 Å². The number of nitrogens with one attached hydrogen (secondary N) is 1. The highest BCUT2D eigenvalue weighted by molar-refractivity contribution is 7.87. The summed E-state index contributed by atoms with van der Waals surface area (Å²) in [5, 5.41) is 9.19. The first-order valence-electron chi connectivity index (χ1n) is 4.89. The Balaban J connectivity index is 4.34. The molecule has 0 bridgehead atoms. The molecule has 0 saturated heterocycles. The molecule has 2 N–H and O–H groups in total. The number of hydrogen-bond acceptors (Lipinski definition) is 5. The Morgan fingerprint density at radius 2 is 1.94 bits per heavy atom. The molecule has 0 fully saturated rings. The molecule has 1 unspecified atom stereocenters. The van der Waals surface area contributed by atoms with Crippen LogP contribution in [0.5, 0.6) is 0 Å². The van der Waals surface area contributed by atoms with Crippen molar-refractivity contribution in [1.29, 1.82) is 0 Å². The number of nitrogens with zero attached hydrogens (tertiary/aromatic N) is 1. The fourth-order valence-electron chi connectivity index (χ4n) is 1.06. The lowest BCUT2D eigenvalue weighted by Crippen LogP contribution is -2.45. The van der Waals surface area contributed by atoms with Gasteiger partial charge >= 0.3 is 5.97 Å². The highest BCUT2D eigenvalue weighted by Gasteiger charge is 2.22. The summed E-state index contributed by atoms with van der Waals surface area (Å²) >= 11 is 0. The highest BCUT2D eigenvalue weighted by atomic mass is 32.2. The standard InChI is InChI=1S/C8H18N2O5S/c1-4-10(5-2)16(13,14)9-6-7(11)8(12)15-3/h7,9,11H,4-6H2,1-3H3. The quantitative estimate of drug-likeness (QED) is 0.550. The molecule has 0 heterocycles. The third kappa shape index (κ3) is 4.44. The van der Waals surface area contributed by atoms with E-state index in [2.05, 4.69) is 9.46 Å². The summed E-state index contributed by atoms with van der Waals surface area (Å²) in [6, 6.07) is 0. The van der Waals surface area contributed by atoms with E-state index in [1.165, 1.54) is 4.31 Å². The van der Waals surface area contributed by atoms with Crippen molar-refractivity contribution in [2.75, 3.05) is 26.7 Å². The smallest absolute Gasteiger partial charge is 0.336 e. The first-order valence-corrected chi connectivity index (χ1v) is 6.33. The maximum atomic E-state index is 11.6. The predicted molar refractivity (Wildman–Crippen MR) is 57.9 cm³/mol. The third-order valence-corrected chi connectivity index (χ3v) is 3.71. The van der Waals surface area contributed by atoms with Crippen molar-refractivity contribution < 1.29 is 23.1 Å². The number of methoxy groups -OCH3 is 1. The molecule has 0 aliphatic rings. The van der Waals surface area contributed by atoms with Gasteiger partial charge in [-0.15, -0.1) is 0 Å². The molecular weight excluding hydrogens is 236 g/mol. The number of aliphatic hydroxyl groups excluding tert-OH is 1. The summed E-state index contributed by atoms with van der Waals surface area (Å²) < 4.78 is 30.7. The molecule has 0 aliphatic heterocycles. The van der Waals surface area contributed by atoms with Gasteiger partial charge in [0, 0.05) is 19.6 Å². The number of carbonyl (C=O) groups excluding carboxylic acids is 1. The molecule has 8 heteroatoms. The minimum atomic E-state index is -3.64. The molecule has 0 aromatic carbocycles. The SMILES string of the molecule is CCN(CC)S(=O)(=O)NCC(O)C(=O)OC. The molecule has 0 radical (unpaired) electrons. The van der Waals surface area contributed by atoms with Crippen LogP contribution in [0.15, 0.2) is 0 Å². The Labute approximate surface area is 95.6 Å². The predicted octanol–water partition coefficient (Wildman–Crippen LogP) is -1.30. The largest absolute Gasteiger partial charge is 0.467 e. The van der Waals surface area contributed by atoms with E-state index in [0.717, 1.165) is 7.11 Å². The van der Waals surface area contributed by atoms with Gasteiger partial charge in [0.05, 0.1) is 7.11 Å². The van der Waals surface area contributed by atoms with E-state index in [9.17, 15) is 18.3 Å². The van der Waals surface area contributed by atoms with Gasteiger partial charge in [-0.3, -0.25) is 0 Å². The zero-order valence-electron chi connectivity index (χ0n) is 9.63. The highest BCUT2D eigenvalue weighted by Crippen LogP contribution is 1.97. The van der Waals surface area contributed by atoms with Crippen LogP contribution in [0.3, 0.4) is 0 Å². The first-order chi connectivity index (χ1) is 7.38. The van der Waals surface area contributed by atoms with Crippen molar-refractivity contribution in [3.63, 3.8) is 0 Å². The second-order valence-electron chi connectivity index (χ2n) is 2.98. The lowest BCUT2D eigenvalue weighted by Gasteiger charge is -2.19. The fourth-order valence-corrected chi connectivity index (χ4v) is 2.29. The molecule has 0 spiro atoms. The average molecular weight is 254 g/mol. The van der Waals surface area contributed by atoms with E-state index in [1.807, 2.05) is 0 Å². The molecule has 0 saturated carbocycles. The minimum Gasteiger partial charge on any atom is -0.467 e. The molecule has 1 atom stereocenters. The molecule has 0 rings (SSSR count). The van der Waals surface area contributed by atoms with Crippen molar-refractivity contribution in [2.24, 2.45) is 0 Å². The van der Waals surface area contributed by atoms with Crippen molar-refractivity contribution in [3.05, 3.63) is 0 Å². The van der Waals surface area contributed by atoms with Gasteiger partial charge < -0.3 is 9.84 Å². The zero-order valence-corrected chi connectivity index (χ0v) is 10.5. The van der Waals surface area contributed by atoms with Gasteiger partial charge in [0.25, 0.3) is 10.2 Å². The van der Waals surface area contributed by atoms with Gasteiger partial charge in [0.15, 0.2) is 6.10 Å². The molecule has 0 aliphatic carbocycles. The van der Waals surface area contributed by atoms with E-state index in [4.69, 9.17) is 0 Å². The number of esters is 1. The van der Waals surface area contributed by atoms with Crippen LogP contribution in [0.2, 0.25) is 0 Å². The van der Waals surface area contributed by atoms with Crippen LogP contribution in [0, 0.1) is 0 Å². The summed E-state index contributed by atoms with van der Waals surface area (Å²) in [4.78, 5) is 10.8. The third-order valence-electron chi connectivity index (χ3n) is 1.98. The van der Waals surface area contributed by atoms with Crippen LogP contribution in [0.25, 0.3) is 0 Å². The topological polar surface area (TPSA) is 95.9 Å². The van der Waals surface area contributed by atoms with E-state index in [1.54, 1.807) is 13.8 Å². The van der Waals surface area contributed by atoms with Gasteiger partial charge in [0.2, 0.25) is 0 Å². The normalized spacial score (nSPS) is 13.8. The fraction of sp³-hybridized carbons (Fsp3) is 0.875. The Morgan fingerprint density at radius 3 is 2.31 bits per heavy atom. The molecule has 7 nitrogen and oxygen atoms in total. The molecule has 0 aromatic heterocycles. The van der Waals surface area contributed by atoms with E-state index >= 15 is 0 Å². The van der Waals surface area contributed by atoms with Crippen LogP contribution in [0.4, 0.5) is 0 Å². The van der Waals surface area contributed by atoms with Crippen molar-refractivity contribution in [2.45, 2.75) is 20.0 Å². The van der Waals surface area contributed by atoms with Crippen molar-refractivity contribution in [3.8, 4) is 0 Å². The van der Waals surface area contributed by atoms with Crippen LogP contribution in [-0.2, 0) is 19.7 Å². The zero-order chi connectivity index (χ0) is 12.8. The summed E-state index contributed by atoms with van der Waals surface area (Å²) in [5.74, 6) is -0.873. The Hall–Kier alpha value is -0.700. The van der Waals surface area contributed by atoms with E-state index < -0.39 is 28.8 Å². The molecule has 96 valence electrons. The maximum Gasteiger partial charge on any atom is 0.336 e. The number of aliphatic hydroxyl groups is 1. The van der Waals surface area contributed by atoms with Gasteiger partial charge in [-0.05, 0) is 0 Å². The first kappa shape index (κ1) is 15.3. The average Bonchev–Trinajstić information content (AvgIpc) is 2.26. The number of rotatable bonds is 7. The summed E-state index contributed by atoms with van der Waals surface area (Å²) in [7, 11) is -2.53. The minimum absolute atomic E-state index is 0.320. The van der Waals surface area contributed by atoms with E-state index in [0.29, 0.717) is 13.1 Å². The van der Waals surface area contributed by atoms with Crippen LogP contribution < -0.4 is 4.72 Å². The van der Waals surface area contributed by atoms with Gasteiger partial charge in [-0.25, -0.2) is 4.79 Å². The maximum absolute atomic E-state index is 11.6. The Kier molecular flexibility index (Phi) is 6.49. The summed E-state index contributed by atoms with van der Waals surface area (Å²) in [5.41, 5.74) is 0. The molecule has 0 amide bonds. The number of hydrogen-bond donors (Lipinski definition) is 2. The Morgan fingerprint density at radius 1 is 1.44 bits per heavy atom. The molecule has 16 heavy (non-hydrogen) atoms. The van der Waals surface area contributed by atoms with Crippen LogP contribution in [-0.4, -0.2) is 56.6 Å². The van der Waals surface area contributed by atoms with Gasteiger partial charge in [0.1, 0.15) is 0 Å². The van der Waals surface area contributed by atoms with Crippen molar-refractivity contribution in [1.82, 2.24) is 9.03 Å². The second-order valence-corrected chi connectivity index (χ2v) is 4.73. The van der Waals surface area contributed by atoms with Crippen LogP contribution in [0.1, 0.15) is 13.8 Å². The lowest BCUT2D eigenvalue weighted by molar-refractivity contribution is -0.149. The van der Waals surface area contributed by atoms with Gasteiger partial charge in [-0.1, -0.05) is 13.8 Å². The Bertz CT molecular complexity index is 312. The second kappa shape index (κ2) is 6.79. The monoisotopic (exact) mass is 254 g/mol. The lowest BCUT2D eigenvalue weighted by atomic mass is 10.4.